The van der Waals surface area contributed by atoms with Gasteiger partial charge >= 0.3 is 0 Å². The summed E-state index contributed by atoms with van der Waals surface area (Å²) in [7, 11) is 0. The van der Waals surface area contributed by atoms with E-state index in [2.05, 4.69) is 49.5 Å². The van der Waals surface area contributed by atoms with E-state index in [0.29, 0.717) is 12.1 Å². The molecule has 1 N–H and O–H groups in total. The molecule has 0 amide bonds. The average molecular weight is 223 g/mol. The molecule has 0 fully saturated rings. The first kappa shape index (κ1) is 13.2. The standard InChI is InChI=1S/C13H25N3/c1-6-11(2)15-12(13(3,4)5)9-16-8-7-14-10-16/h7-8,10-12,15H,6,9H2,1-5H3. The molecule has 0 aromatic carbocycles. The maximum absolute atomic E-state index is 4.09. The second-order valence-corrected chi connectivity index (χ2v) is 5.65. The van der Waals surface area contributed by atoms with Gasteiger partial charge in [0.05, 0.1) is 6.33 Å². The number of rotatable bonds is 5. The van der Waals surface area contributed by atoms with Crippen LogP contribution in [0, 0.1) is 5.41 Å². The Morgan fingerprint density at radius 3 is 2.50 bits per heavy atom. The van der Waals surface area contributed by atoms with Crippen molar-refractivity contribution in [2.24, 2.45) is 5.41 Å². The van der Waals surface area contributed by atoms with Crippen molar-refractivity contribution in [3.05, 3.63) is 18.7 Å². The molecule has 0 aliphatic carbocycles. The summed E-state index contributed by atoms with van der Waals surface area (Å²) >= 11 is 0. The highest BCUT2D eigenvalue weighted by Gasteiger charge is 2.25. The maximum Gasteiger partial charge on any atom is 0.0946 e. The summed E-state index contributed by atoms with van der Waals surface area (Å²) in [6.07, 6.45) is 6.91. The lowest BCUT2D eigenvalue weighted by atomic mass is 9.86. The highest BCUT2D eigenvalue weighted by atomic mass is 15.1. The van der Waals surface area contributed by atoms with E-state index in [1.807, 2.05) is 18.7 Å². The number of imidazole rings is 1. The minimum atomic E-state index is 0.258. The minimum absolute atomic E-state index is 0.258. The molecule has 3 heteroatoms. The third-order valence-corrected chi connectivity index (χ3v) is 3.10. The normalized spacial score (nSPS) is 16.1. The van der Waals surface area contributed by atoms with Gasteiger partial charge in [-0.25, -0.2) is 4.98 Å². The van der Waals surface area contributed by atoms with Crippen LogP contribution in [0.3, 0.4) is 0 Å². The summed E-state index contributed by atoms with van der Waals surface area (Å²) in [5.74, 6) is 0. The molecule has 0 aliphatic rings. The van der Waals surface area contributed by atoms with Crippen LogP contribution in [0.25, 0.3) is 0 Å². The average Bonchev–Trinajstić information content (AvgIpc) is 2.67. The molecular formula is C13H25N3. The van der Waals surface area contributed by atoms with Crippen molar-refractivity contribution in [1.82, 2.24) is 14.9 Å². The van der Waals surface area contributed by atoms with Crippen molar-refractivity contribution in [3.8, 4) is 0 Å². The number of nitrogens with zero attached hydrogens (tertiary/aromatic N) is 2. The van der Waals surface area contributed by atoms with E-state index in [9.17, 15) is 0 Å². The Morgan fingerprint density at radius 2 is 2.06 bits per heavy atom. The van der Waals surface area contributed by atoms with Gasteiger partial charge in [0, 0.05) is 31.0 Å². The van der Waals surface area contributed by atoms with E-state index < -0.39 is 0 Å². The number of hydrogen-bond acceptors (Lipinski definition) is 2. The van der Waals surface area contributed by atoms with Crippen molar-refractivity contribution >= 4 is 0 Å². The quantitative estimate of drug-likeness (QED) is 0.831. The Bertz CT molecular complexity index is 285. The molecule has 3 nitrogen and oxygen atoms in total. The van der Waals surface area contributed by atoms with Crippen LogP contribution >= 0.6 is 0 Å². The molecule has 2 unspecified atom stereocenters. The predicted molar refractivity (Wildman–Crippen MR) is 68.4 cm³/mol. The zero-order valence-corrected chi connectivity index (χ0v) is 11.2. The number of aromatic nitrogens is 2. The summed E-state index contributed by atoms with van der Waals surface area (Å²) in [6, 6.07) is 1.03. The van der Waals surface area contributed by atoms with Crippen molar-refractivity contribution in [3.63, 3.8) is 0 Å². The second kappa shape index (κ2) is 5.48. The molecule has 1 aromatic rings. The van der Waals surface area contributed by atoms with E-state index in [4.69, 9.17) is 0 Å². The number of hydrogen-bond donors (Lipinski definition) is 1. The van der Waals surface area contributed by atoms with Gasteiger partial charge in [-0.2, -0.15) is 0 Å². The lowest BCUT2D eigenvalue weighted by molar-refractivity contribution is 0.223. The van der Waals surface area contributed by atoms with Gasteiger partial charge in [-0.05, 0) is 18.8 Å². The van der Waals surface area contributed by atoms with Crippen molar-refractivity contribution in [2.45, 2.75) is 59.7 Å². The van der Waals surface area contributed by atoms with Crippen LogP contribution in [0.15, 0.2) is 18.7 Å². The molecule has 2 atom stereocenters. The highest BCUT2D eigenvalue weighted by molar-refractivity contribution is 4.85. The van der Waals surface area contributed by atoms with E-state index in [1.165, 1.54) is 0 Å². The summed E-state index contributed by atoms with van der Waals surface area (Å²) in [5, 5.41) is 3.70. The topological polar surface area (TPSA) is 29.9 Å². The molecule has 92 valence electrons. The SMILES string of the molecule is CCC(C)NC(Cn1ccnc1)C(C)(C)C. The Morgan fingerprint density at radius 1 is 1.38 bits per heavy atom. The Kier molecular flexibility index (Phi) is 4.54. The fourth-order valence-electron chi connectivity index (χ4n) is 1.64. The van der Waals surface area contributed by atoms with E-state index in [-0.39, 0.29) is 5.41 Å². The third-order valence-electron chi connectivity index (χ3n) is 3.10. The fraction of sp³-hybridized carbons (Fsp3) is 0.769. The molecule has 1 heterocycles. The van der Waals surface area contributed by atoms with Gasteiger partial charge in [0.1, 0.15) is 0 Å². The third kappa shape index (κ3) is 3.97. The Hall–Kier alpha value is -0.830. The second-order valence-electron chi connectivity index (χ2n) is 5.65. The first-order valence-corrected chi connectivity index (χ1v) is 6.15. The molecule has 0 saturated heterocycles. The molecule has 0 aliphatic heterocycles. The zero-order valence-electron chi connectivity index (χ0n) is 11.2. The molecule has 16 heavy (non-hydrogen) atoms. The largest absolute Gasteiger partial charge is 0.336 e. The van der Waals surface area contributed by atoms with Crippen molar-refractivity contribution in [1.29, 1.82) is 0 Å². The first-order valence-electron chi connectivity index (χ1n) is 6.15. The van der Waals surface area contributed by atoms with Crippen LogP contribution in [-0.2, 0) is 6.54 Å². The molecular weight excluding hydrogens is 198 g/mol. The Labute approximate surface area is 99.3 Å². The van der Waals surface area contributed by atoms with Gasteiger partial charge in [0.2, 0.25) is 0 Å². The smallest absolute Gasteiger partial charge is 0.0946 e. The van der Waals surface area contributed by atoms with Crippen LogP contribution < -0.4 is 5.32 Å². The van der Waals surface area contributed by atoms with Crippen LogP contribution in [0.2, 0.25) is 0 Å². The van der Waals surface area contributed by atoms with E-state index in [1.54, 1.807) is 0 Å². The minimum Gasteiger partial charge on any atom is -0.336 e. The monoisotopic (exact) mass is 223 g/mol. The Balaban J connectivity index is 2.65. The lowest BCUT2D eigenvalue weighted by Crippen LogP contribution is -2.47. The van der Waals surface area contributed by atoms with Gasteiger partial charge in [-0.1, -0.05) is 27.7 Å². The summed E-state index contributed by atoms with van der Waals surface area (Å²) in [6.45, 7) is 12.3. The molecule has 1 aromatic heterocycles. The van der Waals surface area contributed by atoms with Crippen LogP contribution in [0.4, 0.5) is 0 Å². The molecule has 1 rings (SSSR count). The van der Waals surface area contributed by atoms with Gasteiger partial charge < -0.3 is 9.88 Å². The number of nitrogens with one attached hydrogen (secondary N) is 1. The molecule has 0 radical (unpaired) electrons. The summed E-state index contributed by atoms with van der Waals surface area (Å²) in [4.78, 5) is 4.09. The first-order chi connectivity index (χ1) is 7.43. The molecule has 0 bridgehead atoms. The lowest BCUT2D eigenvalue weighted by Gasteiger charge is -2.34. The summed E-state index contributed by atoms with van der Waals surface area (Å²) in [5.41, 5.74) is 0.258. The molecule has 0 spiro atoms. The zero-order chi connectivity index (χ0) is 12.2. The van der Waals surface area contributed by atoms with E-state index in [0.717, 1.165) is 13.0 Å². The van der Waals surface area contributed by atoms with Gasteiger partial charge in [-0.3, -0.25) is 0 Å². The van der Waals surface area contributed by atoms with Crippen LogP contribution in [0.5, 0.6) is 0 Å². The van der Waals surface area contributed by atoms with Gasteiger partial charge in [0.25, 0.3) is 0 Å². The van der Waals surface area contributed by atoms with Crippen LogP contribution in [0.1, 0.15) is 41.0 Å². The van der Waals surface area contributed by atoms with Crippen molar-refractivity contribution in [2.75, 3.05) is 0 Å². The fourth-order valence-corrected chi connectivity index (χ4v) is 1.64. The van der Waals surface area contributed by atoms with E-state index >= 15 is 0 Å². The predicted octanol–water partition coefficient (Wildman–Crippen LogP) is 2.69. The van der Waals surface area contributed by atoms with Gasteiger partial charge in [-0.15, -0.1) is 0 Å². The highest BCUT2D eigenvalue weighted by Crippen LogP contribution is 2.21. The van der Waals surface area contributed by atoms with Gasteiger partial charge in [0.15, 0.2) is 0 Å². The van der Waals surface area contributed by atoms with Crippen molar-refractivity contribution < 1.29 is 0 Å². The molecule has 0 saturated carbocycles. The maximum atomic E-state index is 4.09. The summed E-state index contributed by atoms with van der Waals surface area (Å²) < 4.78 is 2.14. The van der Waals surface area contributed by atoms with Crippen LogP contribution in [-0.4, -0.2) is 21.6 Å².